The van der Waals surface area contributed by atoms with E-state index in [-0.39, 0.29) is 5.91 Å². The summed E-state index contributed by atoms with van der Waals surface area (Å²) in [5.74, 6) is -0.0388. The van der Waals surface area contributed by atoms with Crippen molar-refractivity contribution < 1.29 is 9.53 Å². The minimum Gasteiger partial charge on any atom is -0.462 e. The number of hydrogen-bond donors (Lipinski definition) is 2. The minimum absolute atomic E-state index is 0.0388. The quantitative estimate of drug-likeness (QED) is 0.182. The molecule has 0 aliphatic heterocycles. The van der Waals surface area contributed by atoms with Gasteiger partial charge in [-0.3, -0.25) is 9.89 Å². The number of amides is 1. The van der Waals surface area contributed by atoms with Gasteiger partial charge in [0, 0.05) is 56.6 Å². The van der Waals surface area contributed by atoms with E-state index in [1.54, 1.807) is 26.2 Å². The van der Waals surface area contributed by atoms with Crippen molar-refractivity contribution >= 4 is 28.0 Å². The fourth-order valence-corrected chi connectivity index (χ4v) is 4.01. The lowest BCUT2D eigenvalue weighted by Crippen LogP contribution is -2.23. The van der Waals surface area contributed by atoms with Crippen molar-refractivity contribution in [3.63, 3.8) is 0 Å². The fraction of sp³-hybridized carbons (Fsp3) is 0.241. The van der Waals surface area contributed by atoms with Crippen LogP contribution in [0.2, 0.25) is 0 Å². The average molecular weight is 497 g/mol. The molecule has 2 N–H and O–H groups in total. The molecule has 2 aromatic carbocycles. The monoisotopic (exact) mass is 496 g/mol. The number of allylic oxidation sites excluding steroid dienone is 1. The van der Waals surface area contributed by atoms with E-state index in [2.05, 4.69) is 68.8 Å². The molecule has 0 saturated heterocycles. The second-order valence-corrected chi connectivity index (χ2v) is 8.69. The van der Waals surface area contributed by atoms with Crippen LogP contribution >= 0.6 is 0 Å². The number of fused-ring (bicyclic) bond motifs is 1. The Morgan fingerprint density at radius 2 is 1.81 bits per heavy atom. The number of benzene rings is 2. The molecule has 0 saturated carbocycles. The Bertz CT molecular complexity index is 1370. The molecule has 2 aromatic heterocycles. The molecule has 2 heterocycles. The number of aromatic nitrogens is 4. The van der Waals surface area contributed by atoms with Crippen LogP contribution in [0.25, 0.3) is 22.0 Å². The highest BCUT2D eigenvalue weighted by Gasteiger charge is 2.15. The molecule has 8 heteroatoms. The van der Waals surface area contributed by atoms with Gasteiger partial charge in [-0.05, 0) is 40.8 Å². The molecule has 0 bridgehead atoms. The Hall–Kier alpha value is -4.30. The molecular weight excluding hydrogens is 464 g/mol. The van der Waals surface area contributed by atoms with E-state index < -0.39 is 0 Å². The van der Waals surface area contributed by atoms with E-state index >= 15 is 0 Å². The predicted octanol–water partition coefficient (Wildman–Crippen LogP) is 4.33. The molecule has 4 rings (SSSR count). The number of carbonyl (C=O) groups excluding carboxylic acids is 1. The van der Waals surface area contributed by atoms with Crippen LogP contribution in [0.1, 0.15) is 30.0 Å². The lowest BCUT2D eigenvalue weighted by molar-refractivity contribution is -0.123. The normalized spacial score (nSPS) is 12.1. The van der Waals surface area contributed by atoms with Gasteiger partial charge in [0.05, 0.1) is 11.7 Å². The molecule has 0 spiro atoms. The van der Waals surface area contributed by atoms with E-state index in [4.69, 9.17) is 4.74 Å². The summed E-state index contributed by atoms with van der Waals surface area (Å²) in [6.07, 6.45) is 9.66. The molecule has 8 nitrogen and oxygen atoms in total. The molecular formula is C29H32N6O2. The largest absolute Gasteiger partial charge is 0.462 e. The zero-order valence-electron chi connectivity index (χ0n) is 21.4. The first-order chi connectivity index (χ1) is 18.1. The van der Waals surface area contributed by atoms with E-state index in [9.17, 15) is 4.79 Å². The maximum atomic E-state index is 11.5. The summed E-state index contributed by atoms with van der Waals surface area (Å²) in [5.41, 5.74) is 6.46. The van der Waals surface area contributed by atoms with E-state index in [1.807, 2.05) is 30.7 Å². The first-order valence-electron chi connectivity index (χ1n) is 12.3. The van der Waals surface area contributed by atoms with Crippen molar-refractivity contribution in [3.8, 4) is 6.01 Å². The Balaban J connectivity index is 1.50. The van der Waals surface area contributed by atoms with Crippen LogP contribution in [-0.4, -0.2) is 64.8 Å². The van der Waals surface area contributed by atoms with Gasteiger partial charge in [0.2, 0.25) is 5.91 Å². The van der Waals surface area contributed by atoms with Crippen LogP contribution < -0.4 is 10.1 Å². The van der Waals surface area contributed by atoms with E-state index in [1.165, 1.54) is 16.0 Å². The molecule has 0 radical (unpaired) electrons. The number of aromatic amines is 1. The van der Waals surface area contributed by atoms with Crippen LogP contribution in [0.4, 0.5) is 0 Å². The molecule has 0 unspecified atom stereocenters. The summed E-state index contributed by atoms with van der Waals surface area (Å²) in [4.78, 5) is 22.0. The highest BCUT2D eigenvalue weighted by molar-refractivity contribution is 6.00. The third-order valence-electron chi connectivity index (χ3n) is 5.90. The van der Waals surface area contributed by atoms with Gasteiger partial charge in [0.15, 0.2) is 0 Å². The number of rotatable bonds is 11. The number of nitrogens with zero attached hydrogens (tertiary/aromatic N) is 4. The lowest BCUT2D eigenvalue weighted by Gasteiger charge is -2.16. The molecule has 0 fully saturated rings. The second kappa shape index (κ2) is 12.6. The van der Waals surface area contributed by atoms with Crippen molar-refractivity contribution in [1.29, 1.82) is 0 Å². The van der Waals surface area contributed by atoms with Crippen LogP contribution in [0.3, 0.4) is 0 Å². The Morgan fingerprint density at radius 3 is 2.54 bits per heavy atom. The molecule has 4 aromatic rings. The topological polar surface area (TPSA) is 96.0 Å². The maximum Gasteiger partial charge on any atom is 0.316 e. The number of nitrogens with one attached hydrogen (secondary N) is 2. The van der Waals surface area contributed by atoms with Crippen molar-refractivity contribution in [2.45, 2.75) is 13.3 Å². The number of likely N-dealkylation sites (N-methyl/N-ethyl adjacent to an activating group) is 1. The van der Waals surface area contributed by atoms with Gasteiger partial charge in [-0.1, -0.05) is 49.4 Å². The first-order valence-corrected chi connectivity index (χ1v) is 12.3. The molecule has 0 aliphatic rings. The van der Waals surface area contributed by atoms with E-state index in [0.29, 0.717) is 25.7 Å². The maximum absolute atomic E-state index is 11.5. The molecule has 1 amide bonds. The summed E-state index contributed by atoms with van der Waals surface area (Å²) in [7, 11) is 3.45. The van der Waals surface area contributed by atoms with Gasteiger partial charge in [0.25, 0.3) is 0 Å². The molecule has 190 valence electrons. The van der Waals surface area contributed by atoms with E-state index in [0.717, 1.165) is 34.0 Å². The molecule has 0 aliphatic carbocycles. The van der Waals surface area contributed by atoms with Gasteiger partial charge in [-0.2, -0.15) is 5.10 Å². The van der Waals surface area contributed by atoms with Crippen molar-refractivity contribution in [3.05, 3.63) is 96.0 Å². The van der Waals surface area contributed by atoms with Crippen LogP contribution in [0, 0.1) is 0 Å². The zero-order valence-corrected chi connectivity index (χ0v) is 21.4. The smallest absolute Gasteiger partial charge is 0.316 e. The van der Waals surface area contributed by atoms with Crippen LogP contribution in [-0.2, 0) is 4.79 Å². The van der Waals surface area contributed by atoms with Crippen LogP contribution in [0.15, 0.2) is 79.3 Å². The summed E-state index contributed by atoms with van der Waals surface area (Å²) < 4.78 is 5.72. The van der Waals surface area contributed by atoms with Gasteiger partial charge in [-0.25, -0.2) is 9.97 Å². The van der Waals surface area contributed by atoms with Crippen molar-refractivity contribution in [2.75, 3.05) is 33.8 Å². The number of hydrogen-bond acceptors (Lipinski definition) is 6. The SMILES string of the molecule is CCC(=C(c1cnc(OCCNCC=CC(=O)N(C)C)nc1)c1ccc2[nH]ncc2c1)c1ccccc1. The molecule has 37 heavy (non-hydrogen) atoms. The fourth-order valence-electron chi connectivity index (χ4n) is 4.01. The standard InChI is InChI=1S/C29H32N6O2/c1-4-25(21-9-6-5-7-10-21)28(22-12-13-26-23(17-22)20-33-34-26)24-18-31-29(32-19-24)37-16-15-30-14-8-11-27(36)35(2)3/h5-13,17-20,30H,4,14-16H2,1-3H3,(H,33,34). The summed E-state index contributed by atoms with van der Waals surface area (Å²) in [6.45, 7) is 3.77. The van der Waals surface area contributed by atoms with Crippen molar-refractivity contribution in [2.24, 2.45) is 0 Å². The third-order valence-corrected chi connectivity index (χ3v) is 5.90. The average Bonchev–Trinajstić information content (AvgIpc) is 3.40. The summed E-state index contributed by atoms with van der Waals surface area (Å²) in [5, 5.41) is 11.4. The number of carbonyl (C=O) groups is 1. The zero-order chi connectivity index (χ0) is 26.0. The van der Waals surface area contributed by atoms with Gasteiger partial charge in [-0.15, -0.1) is 0 Å². The highest BCUT2D eigenvalue weighted by Crippen LogP contribution is 2.35. The Kier molecular flexibility index (Phi) is 8.78. The minimum atomic E-state index is -0.0388. The number of ether oxygens (including phenoxy) is 1. The van der Waals surface area contributed by atoms with Gasteiger partial charge in [0.1, 0.15) is 6.61 Å². The summed E-state index contributed by atoms with van der Waals surface area (Å²) >= 11 is 0. The number of H-pyrrole nitrogens is 1. The summed E-state index contributed by atoms with van der Waals surface area (Å²) in [6, 6.07) is 17.0. The predicted molar refractivity (Wildman–Crippen MR) is 147 cm³/mol. The Labute approximate surface area is 217 Å². The highest BCUT2D eigenvalue weighted by atomic mass is 16.5. The molecule has 0 atom stereocenters. The lowest BCUT2D eigenvalue weighted by atomic mass is 9.89. The Morgan fingerprint density at radius 1 is 1.03 bits per heavy atom. The third kappa shape index (κ3) is 6.68. The second-order valence-electron chi connectivity index (χ2n) is 8.69. The van der Waals surface area contributed by atoms with Gasteiger partial charge >= 0.3 is 6.01 Å². The van der Waals surface area contributed by atoms with Crippen LogP contribution in [0.5, 0.6) is 6.01 Å². The first kappa shape index (κ1) is 25.8. The van der Waals surface area contributed by atoms with Crippen molar-refractivity contribution in [1.82, 2.24) is 30.4 Å². The van der Waals surface area contributed by atoms with Gasteiger partial charge < -0.3 is 15.0 Å².